The highest BCUT2D eigenvalue weighted by Gasteiger charge is 2.32. The quantitative estimate of drug-likeness (QED) is 0.220. The Morgan fingerprint density at radius 3 is 2.47 bits per heavy atom. The number of anilines is 2. The summed E-state index contributed by atoms with van der Waals surface area (Å²) in [4.78, 5) is 39.5. The highest BCUT2D eigenvalue weighted by Crippen LogP contribution is 2.29. The van der Waals surface area contributed by atoms with Gasteiger partial charge < -0.3 is 21.1 Å². The Hall–Kier alpha value is -4.07. The zero-order chi connectivity index (χ0) is 29.9. The smallest absolute Gasteiger partial charge is 0.406 e. The van der Waals surface area contributed by atoms with Gasteiger partial charge in [-0.05, 0) is 61.2 Å². The third kappa shape index (κ3) is 8.99. The average molecular weight is 689 g/mol. The minimum absolute atomic E-state index is 0. The van der Waals surface area contributed by atoms with E-state index in [-0.39, 0.29) is 67.8 Å². The molecule has 0 fully saturated rings. The number of nitrogens with one attached hydrogen (secondary N) is 2. The standard InChI is InChI=1S/C29H28F3N7O3.3ClH/c1-17-19(7-12-25(33)38-17)14-37-27(40)24-11-8-20-15-35-26(28(41)39(20)24)36-16-22(23-4-2-3-13-34-23)18-5-9-21(10-6-18)42-29(30,31)32;;;/h2-7,9-10,12-13,15,22,24H,8,11,14,16H2,1H3,(H2,33,38)(H,35,36)(H,37,40);3*1H/t22-,24-;;;/m0.../s1. The first-order valence-corrected chi connectivity index (χ1v) is 13.2. The number of fused-ring (bicyclic) bond motifs is 1. The second kappa shape index (κ2) is 15.8. The molecule has 0 aliphatic carbocycles. The molecule has 0 radical (unpaired) electrons. The molecule has 0 bridgehead atoms. The Labute approximate surface area is 275 Å². The molecular weight excluding hydrogens is 658 g/mol. The van der Waals surface area contributed by atoms with E-state index in [1.165, 1.54) is 28.8 Å². The maximum Gasteiger partial charge on any atom is 0.573 e. The fourth-order valence-electron chi connectivity index (χ4n) is 4.98. The molecule has 16 heteroatoms. The maximum absolute atomic E-state index is 13.5. The van der Waals surface area contributed by atoms with Crippen LogP contribution in [0.1, 0.15) is 46.6 Å². The second-order valence-corrected chi connectivity index (χ2v) is 9.83. The number of alkyl halides is 3. The second-order valence-electron chi connectivity index (χ2n) is 9.83. The fourth-order valence-corrected chi connectivity index (χ4v) is 4.98. The maximum atomic E-state index is 13.5. The Kier molecular flexibility index (Phi) is 13.0. The molecule has 1 aromatic carbocycles. The van der Waals surface area contributed by atoms with E-state index in [1.807, 2.05) is 0 Å². The van der Waals surface area contributed by atoms with E-state index in [0.29, 0.717) is 41.3 Å². The van der Waals surface area contributed by atoms with E-state index >= 15 is 0 Å². The lowest BCUT2D eigenvalue weighted by atomic mass is 9.95. The van der Waals surface area contributed by atoms with Crippen LogP contribution >= 0.6 is 37.2 Å². The van der Waals surface area contributed by atoms with Crippen molar-refractivity contribution in [3.63, 3.8) is 0 Å². The molecule has 1 amide bonds. The highest BCUT2D eigenvalue weighted by atomic mass is 35.5. The molecular formula is C29H31Cl3F3N7O3. The van der Waals surface area contributed by atoms with Gasteiger partial charge in [-0.25, -0.2) is 9.97 Å². The Bertz CT molecular complexity index is 1640. The van der Waals surface area contributed by atoms with Gasteiger partial charge in [0.05, 0.1) is 0 Å². The number of benzene rings is 1. The molecule has 4 heterocycles. The Morgan fingerprint density at radius 2 is 1.82 bits per heavy atom. The van der Waals surface area contributed by atoms with E-state index in [0.717, 1.165) is 5.56 Å². The summed E-state index contributed by atoms with van der Waals surface area (Å²) in [5.41, 5.74) is 8.74. The molecule has 4 aromatic rings. The molecule has 1 aliphatic heterocycles. The highest BCUT2D eigenvalue weighted by molar-refractivity contribution is 5.86. The molecule has 1 aliphatic rings. The van der Waals surface area contributed by atoms with Crippen LogP contribution in [-0.4, -0.2) is 38.3 Å². The lowest BCUT2D eigenvalue weighted by Crippen LogP contribution is -2.36. The number of carbonyl (C=O) groups excluding carboxylic acids is 1. The van der Waals surface area contributed by atoms with Crippen LogP contribution in [0.4, 0.5) is 24.8 Å². The zero-order valence-corrected chi connectivity index (χ0v) is 26.2. The number of aryl methyl sites for hydroxylation is 2. The number of nitrogen functional groups attached to an aromatic ring is 1. The number of pyridine rings is 2. The third-order valence-electron chi connectivity index (χ3n) is 7.07. The van der Waals surface area contributed by atoms with Gasteiger partial charge in [0.1, 0.15) is 17.6 Å². The molecule has 0 saturated heterocycles. The van der Waals surface area contributed by atoms with Gasteiger partial charge in [-0.3, -0.25) is 19.1 Å². The summed E-state index contributed by atoms with van der Waals surface area (Å²) in [5, 5.41) is 5.97. The number of halogens is 6. The monoisotopic (exact) mass is 687 g/mol. The normalized spacial score (nSPS) is 14.1. The van der Waals surface area contributed by atoms with Crippen LogP contribution in [0, 0.1) is 6.92 Å². The summed E-state index contributed by atoms with van der Waals surface area (Å²) >= 11 is 0. The molecule has 0 saturated carbocycles. The van der Waals surface area contributed by atoms with Gasteiger partial charge in [-0.1, -0.05) is 24.3 Å². The van der Waals surface area contributed by atoms with Gasteiger partial charge in [0.15, 0.2) is 5.82 Å². The number of carbonyl (C=O) groups is 1. The van der Waals surface area contributed by atoms with Crippen molar-refractivity contribution in [1.29, 1.82) is 0 Å². The van der Waals surface area contributed by atoms with Gasteiger partial charge in [-0.2, -0.15) is 0 Å². The first-order valence-electron chi connectivity index (χ1n) is 13.2. The number of nitrogens with two attached hydrogens (primary N) is 1. The summed E-state index contributed by atoms with van der Waals surface area (Å²) < 4.78 is 43.3. The molecule has 5 rings (SSSR count). The van der Waals surface area contributed by atoms with E-state index in [4.69, 9.17) is 5.73 Å². The van der Waals surface area contributed by atoms with Gasteiger partial charge in [-0.15, -0.1) is 50.4 Å². The third-order valence-corrected chi connectivity index (χ3v) is 7.07. The number of hydrogen-bond acceptors (Lipinski definition) is 8. The van der Waals surface area contributed by atoms with E-state index in [1.54, 1.807) is 49.6 Å². The summed E-state index contributed by atoms with van der Waals surface area (Å²) in [6, 6.07) is 13.6. The predicted molar refractivity (Wildman–Crippen MR) is 171 cm³/mol. The van der Waals surface area contributed by atoms with Crippen molar-refractivity contribution in [3.8, 4) is 5.75 Å². The number of ether oxygens (including phenoxy) is 1. The average Bonchev–Trinajstić information content (AvgIpc) is 3.39. The molecule has 45 heavy (non-hydrogen) atoms. The van der Waals surface area contributed by atoms with E-state index in [2.05, 4.69) is 30.3 Å². The van der Waals surface area contributed by atoms with Crippen molar-refractivity contribution >= 4 is 54.8 Å². The molecule has 10 nitrogen and oxygen atoms in total. The largest absolute Gasteiger partial charge is 0.573 e. The van der Waals surface area contributed by atoms with Crippen LogP contribution in [-0.2, 0) is 17.8 Å². The lowest BCUT2D eigenvalue weighted by Gasteiger charge is -2.20. The fraction of sp³-hybridized carbons (Fsp3) is 0.276. The van der Waals surface area contributed by atoms with Crippen LogP contribution in [0.25, 0.3) is 0 Å². The molecule has 0 spiro atoms. The van der Waals surface area contributed by atoms with Crippen LogP contribution in [0.15, 0.2) is 71.8 Å². The predicted octanol–water partition coefficient (Wildman–Crippen LogP) is 5.14. The number of rotatable bonds is 9. The van der Waals surface area contributed by atoms with E-state index < -0.39 is 23.9 Å². The van der Waals surface area contributed by atoms with Crippen molar-refractivity contribution in [3.05, 3.63) is 106 Å². The summed E-state index contributed by atoms with van der Waals surface area (Å²) in [6.07, 6.45) is -0.646. The number of nitrogens with zero attached hydrogens (tertiary/aromatic N) is 4. The summed E-state index contributed by atoms with van der Waals surface area (Å²) in [6.45, 7) is 2.21. The Balaban J connectivity index is 0.00000235. The van der Waals surface area contributed by atoms with Crippen molar-refractivity contribution in [2.24, 2.45) is 0 Å². The summed E-state index contributed by atoms with van der Waals surface area (Å²) in [5.74, 6) is -0.623. The SMILES string of the molecule is Cc1nc(N)ccc1CNC(=O)[C@@H]1CCc2cnc(NC[C@@H](c3ccc(OC(F)(F)F)cc3)c3ccccn3)c(=O)n21.Cl.Cl.Cl. The van der Waals surface area contributed by atoms with Gasteiger partial charge in [0.25, 0.3) is 5.56 Å². The van der Waals surface area contributed by atoms with Crippen molar-refractivity contribution in [1.82, 2.24) is 24.8 Å². The van der Waals surface area contributed by atoms with Crippen LogP contribution in [0.2, 0.25) is 0 Å². The minimum Gasteiger partial charge on any atom is -0.406 e. The number of amides is 1. The van der Waals surface area contributed by atoms with Crippen molar-refractivity contribution in [2.45, 2.75) is 44.6 Å². The van der Waals surface area contributed by atoms with E-state index in [9.17, 15) is 22.8 Å². The molecule has 242 valence electrons. The van der Waals surface area contributed by atoms with Crippen LogP contribution < -0.4 is 26.7 Å². The van der Waals surface area contributed by atoms with Crippen LogP contribution in [0.3, 0.4) is 0 Å². The van der Waals surface area contributed by atoms with Gasteiger partial charge in [0, 0.05) is 48.5 Å². The van der Waals surface area contributed by atoms with Gasteiger partial charge >= 0.3 is 6.36 Å². The first-order chi connectivity index (χ1) is 20.1. The molecule has 2 atom stereocenters. The topological polar surface area (TPSA) is 137 Å². The van der Waals surface area contributed by atoms with Crippen LogP contribution in [0.5, 0.6) is 5.75 Å². The molecule has 3 aromatic heterocycles. The Morgan fingerprint density at radius 1 is 1.09 bits per heavy atom. The van der Waals surface area contributed by atoms with Crippen molar-refractivity contribution < 1.29 is 22.7 Å². The number of aromatic nitrogens is 4. The minimum atomic E-state index is -4.80. The van der Waals surface area contributed by atoms with Gasteiger partial charge in [0.2, 0.25) is 5.91 Å². The van der Waals surface area contributed by atoms with Crippen molar-refractivity contribution in [2.75, 3.05) is 17.6 Å². The molecule has 4 N–H and O–H groups in total. The lowest BCUT2D eigenvalue weighted by molar-refractivity contribution is -0.274. The number of hydrogen-bond donors (Lipinski definition) is 3. The summed E-state index contributed by atoms with van der Waals surface area (Å²) in [7, 11) is 0. The molecule has 0 unspecified atom stereocenters. The first kappa shape index (κ1) is 37.1. The zero-order valence-electron chi connectivity index (χ0n) is 23.8.